The second-order valence-corrected chi connectivity index (χ2v) is 5.36. The van der Waals surface area contributed by atoms with E-state index in [2.05, 4.69) is 5.32 Å². The average Bonchev–Trinajstić information content (AvgIpc) is 2.56. The van der Waals surface area contributed by atoms with Gasteiger partial charge in [-0.15, -0.1) is 0 Å². The molecule has 2 N–H and O–H groups in total. The second kappa shape index (κ2) is 7.65. The molecule has 0 saturated heterocycles. The number of aromatic hydroxyl groups is 1. The molecule has 2 rings (SSSR count). The summed E-state index contributed by atoms with van der Waals surface area (Å²) in [6.45, 7) is 0. The van der Waals surface area contributed by atoms with E-state index in [0.29, 0.717) is 10.6 Å². The van der Waals surface area contributed by atoms with Crippen LogP contribution in [0.5, 0.6) is 5.75 Å². The molecule has 0 unspecified atom stereocenters. The SMILES string of the molecule is COC(=O)[C@H](Cc1ccc(Cl)cc1)NC(=O)c1ccc(O)cc1. The zero-order chi connectivity index (χ0) is 16.8. The number of amides is 1. The van der Waals surface area contributed by atoms with Gasteiger partial charge in [0.2, 0.25) is 0 Å². The van der Waals surface area contributed by atoms with Crippen molar-refractivity contribution in [1.29, 1.82) is 0 Å². The number of halogens is 1. The van der Waals surface area contributed by atoms with Crippen LogP contribution in [-0.2, 0) is 16.0 Å². The molecule has 1 amide bonds. The van der Waals surface area contributed by atoms with Crippen LogP contribution in [0.2, 0.25) is 5.02 Å². The number of rotatable bonds is 5. The highest BCUT2D eigenvalue weighted by atomic mass is 35.5. The van der Waals surface area contributed by atoms with Gasteiger partial charge in [-0.2, -0.15) is 0 Å². The number of benzene rings is 2. The molecule has 0 heterocycles. The lowest BCUT2D eigenvalue weighted by Gasteiger charge is -2.16. The number of phenolic OH excluding ortho intramolecular Hbond substituents is 1. The highest BCUT2D eigenvalue weighted by Gasteiger charge is 2.22. The van der Waals surface area contributed by atoms with E-state index in [4.69, 9.17) is 16.3 Å². The summed E-state index contributed by atoms with van der Waals surface area (Å²) < 4.78 is 4.74. The molecule has 0 bridgehead atoms. The first kappa shape index (κ1) is 16.8. The molecular formula is C17H16ClNO4. The third-order valence-electron chi connectivity index (χ3n) is 3.27. The standard InChI is InChI=1S/C17H16ClNO4/c1-23-17(22)15(10-11-2-6-13(18)7-3-11)19-16(21)12-4-8-14(20)9-5-12/h2-9,15,20H,10H2,1H3,(H,19,21)/t15-/m0/s1. The van der Waals surface area contributed by atoms with Crippen molar-refractivity contribution in [2.75, 3.05) is 7.11 Å². The van der Waals surface area contributed by atoms with Gasteiger partial charge in [0.25, 0.3) is 5.91 Å². The summed E-state index contributed by atoms with van der Waals surface area (Å²) in [5.41, 5.74) is 1.18. The first-order valence-corrected chi connectivity index (χ1v) is 7.29. The van der Waals surface area contributed by atoms with Crippen LogP contribution in [0.1, 0.15) is 15.9 Å². The molecule has 120 valence electrons. The van der Waals surface area contributed by atoms with Gasteiger partial charge in [0.1, 0.15) is 11.8 Å². The van der Waals surface area contributed by atoms with Crippen LogP contribution in [0, 0.1) is 0 Å². The van der Waals surface area contributed by atoms with Crippen molar-refractivity contribution in [3.05, 3.63) is 64.7 Å². The van der Waals surface area contributed by atoms with E-state index in [1.807, 2.05) is 0 Å². The number of hydrogen-bond donors (Lipinski definition) is 2. The van der Waals surface area contributed by atoms with Crippen LogP contribution in [0.3, 0.4) is 0 Å². The third-order valence-corrected chi connectivity index (χ3v) is 3.53. The summed E-state index contributed by atoms with van der Waals surface area (Å²) in [6, 6.07) is 11.9. The fourth-order valence-electron chi connectivity index (χ4n) is 2.05. The molecule has 0 radical (unpaired) electrons. The fraction of sp³-hybridized carbons (Fsp3) is 0.176. The molecule has 0 aliphatic carbocycles. The minimum Gasteiger partial charge on any atom is -0.508 e. The maximum atomic E-state index is 12.2. The van der Waals surface area contributed by atoms with Gasteiger partial charge < -0.3 is 15.2 Å². The van der Waals surface area contributed by atoms with Crippen LogP contribution in [0.4, 0.5) is 0 Å². The number of carbonyl (C=O) groups is 2. The van der Waals surface area contributed by atoms with Crippen LogP contribution < -0.4 is 5.32 Å². The van der Waals surface area contributed by atoms with Crippen molar-refractivity contribution in [1.82, 2.24) is 5.32 Å². The van der Waals surface area contributed by atoms with Crippen LogP contribution in [0.15, 0.2) is 48.5 Å². The van der Waals surface area contributed by atoms with Crippen LogP contribution in [0.25, 0.3) is 0 Å². The predicted molar refractivity (Wildman–Crippen MR) is 86.5 cm³/mol. The summed E-state index contributed by atoms with van der Waals surface area (Å²) in [5, 5.41) is 12.5. The summed E-state index contributed by atoms with van der Waals surface area (Å²) in [6.07, 6.45) is 0.285. The van der Waals surface area contributed by atoms with Crippen molar-refractivity contribution in [3.63, 3.8) is 0 Å². The zero-order valence-electron chi connectivity index (χ0n) is 12.5. The lowest BCUT2D eigenvalue weighted by atomic mass is 10.1. The van der Waals surface area contributed by atoms with E-state index in [1.165, 1.54) is 31.4 Å². The Morgan fingerprint density at radius 1 is 1.13 bits per heavy atom. The Labute approximate surface area is 138 Å². The Morgan fingerprint density at radius 3 is 2.30 bits per heavy atom. The predicted octanol–water partition coefficient (Wildman–Crippen LogP) is 2.56. The highest BCUT2D eigenvalue weighted by molar-refractivity contribution is 6.30. The van der Waals surface area contributed by atoms with E-state index in [0.717, 1.165) is 5.56 Å². The molecule has 2 aromatic rings. The lowest BCUT2D eigenvalue weighted by Crippen LogP contribution is -2.43. The van der Waals surface area contributed by atoms with Gasteiger partial charge in [-0.05, 0) is 42.0 Å². The first-order chi connectivity index (χ1) is 11.0. The third kappa shape index (κ3) is 4.72. The van der Waals surface area contributed by atoms with Gasteiger partial charge in [0.15, 0.2) is 0 Å². The van der Waals surface area contributed by atoms with Crippen molar-refractivity contribution in [2.45, 2.75) is 12.5 Å². The van der Waals surface area contributed by atoms with Gasteiger partial charge in [-0.1, -0.05) is 23.7 Å². The van der Waals surface area contributed by atoms with E-state index in [1.54, 1.807) is 24.3 Å². The van der Waals surface area contributed by atoms with Gasteiger partial charge >= 0.3 is 5.97 Å². The summed E-state index contributed by atoms with van der Waals surface area (Å²) in [7, 11) is 1.27. The quantitative estimate of drug-likeness (QED) is 0.825. The molecule has 0 aromatic heterocycles. The van der Waals surface area contributed by atoms with E-state index >= 15 is 0 Å². The van der Waals surface area contributed by atoms with Crippen LogP contribution in [-0.4, -0.2) is 30.1 Å². The number of nitrogens with one attached hydrogen (secondary N) is 1. The van der Waals surface area contributed by atoms with Crippen molar-refractivity contribution in [3.8, 4) is 5.75 Å². The monoisotopic (exact) mass is 333 g/mol. The Kier molecular flexibility index (Phi) is 5.60. The number of hydrogen-bond acceptors (Lipinski definition) is 4. The van der Waals surface area contributed by atoms with Crippen molar-refractivity contribution >= 4 is 23.5 Å². The van der Waals surface area contributed by atoms with Gasteiger partial charge in [0, 0.05) is 17.0 Å². The molecule has 6 heteroatoms. The zero-order valence-corrected chi connectivity index (χ0v) is 13.2. The molecule has 0 saturated carbocycles. The number of ether oxygens (including phenoxy) is 1. The Bertz CT molecular complexity index is 683. The normalized spacial score (nSPS) is 11.6. The summed E-state index contributed by atoms with van der Waals surface area (Å²) in [4.78, 5) is 24.1. The topological polar surface area (TPSA) is 75.6 Å². The fourth-order valence-corrected chi connectivity index (χ4v) is 2.17. The van der Waals surface area contributed by atoms with E-state index in [9.17, 15) is 14.7 Å². The summed E-state index contributed by atoms with van der Waals surface area (Å²) >= 11 is 5.83. The Hall–Kier alpha value is -2.53. The maximum Gasteiger partial charge on any atom is 0.328 e. The number of phenols is 1. The molecule has 0 fully saturated rings. The lowest BCUT2D eigenvalue weighted by molar-refractivity contribution is -0.142. The van der Waals surface area contributed by atoms with Crippen molar-refractivity contribution < 1.29 is 19.4 Å². The first-order valence-electron chi connectivity index (χ1n) is 6.92. The Morgan fingerprint density at radius 2 is 1.74 bits per heavy atom. The van der Waals surface area contributed by atoms with E-state index < -0.39 is 17.9 Å². The average molecular weight is 334 g/mol. The molecule has 0 aliphatic heterocycles. The number of methoxy groups -OCH3 is 1. The molecule has 5 nitrogen and oxygen atoms in total. The number of carbonyl (C=O) groups excluding carboxylic acids is 2. The van der Waals surface area contributed by atoms with Crippen molar-refractivity contribution in [2.24, 2.45) is 0 Å². The summed E-state index contributed by atoms with van der Waals surface area (Å²) in [5.74, 6) is -0.895. The molecule has 0 aliphatic rings. The molecular weight excluding hydrogens is 318 g/mol. The van der Waals surface area contributed by atoms with Gasteiger partial charge in [-0.3, -0.25) is 4.79 Å². The van der Waals surface area contributed by atoms with E-state index in [-0.39, 0.29) is 12.2 Å². The van der Waals surface area contributed by atoms with Gasteiger partial charge in [0.05, 0.1) is 7.11 Å². The minimum atomic E-state index is -0.817. The maximum absolute atomic E-state index is 12.2. The molecule has 1 atom stereocenters. The van der Waals surface area contributed by atoms with Crippen LogP contribution >= 0.6 is 11.6 Å². The Balaban J connectivity index is 2.12. The second-order valence-electron chi connectivity index (χ2n) is 4.93. The number of esters is 1. The smallest absolute Gasteiger partial charge is 0.328 e. The highest BCUT2D eigenvalue weighted by Crippen LogP contribution is 2.13. The largest absolute Gasteiger partial charge is 0.508 e. The minimum absolute atomic E-state index is 0.0623. The molecule has 23 heavy (non-hydrogen) atoms. The molecule has 2 aromatic carbocycles. The van der Waals surface area contributed by atoms with Gasteiger partial charge in [-0.25, -0.2) is 4.79 Å². The molecule has 0 spiro atoms.